The molecule has 204 valence electrons. The van der Waals surface area contributed by atoms with E-state index in [0.29, 0.717) is 36.1 Å². The number of rotatable bonds is 9. The molecule has 1 aliphatic carbocycles. The van der Waals surface area contributed by atoms with Gasteiger partial charge in [-0.25, -0.2) is 4.79 Å². The van der Waals surface area contributed by atoms with Crippen molar-refractivity contribution in [1.29, 1.82) is 0 Å². The summed E-state index contributed by atoms with van der Waals surface area (Å²) in [7, 11) is 1.39. The monoisotopic (exact) mass is 523 g/mol. The highest BCUT2D eigenvalue weighted by atomic mass is 32.1. The van der Waals surface area contributed by atoms with Crippen LogP contribution < -0.4 is 4.90 Å². The summed E-state index contributed by atoms with van der Waals surface area (Å²) in [5.41, 5.74) is 0.511. The number of methoxy groups -OCH3 is 1. The zero-order valence-corrected chi connectivity index (χ0v) is 23.9. The fourth-order valence-electron chi connectivity index (χ4n) is 5.07. The molecule has 0 radical (unpaired) electrons. The van der Waals surface area contributed by atoms with Crippen molar-refractivity contribution < 1.29 is 28.9 Å². The fraction of sp³-hybridized carbons (Fsp3) is 0.786. The average molecular weight is 524 g/mol. The highest BCUT2D eigenvalue weighted by Gasteiger charge is 2.36. The molecular weight excluding hydrogens is 478 g/mol. The molecule has 0 bridgehead atoms. The summed E-state index contributed by atoms with van der Waals surface area (Å²) >= 11 is 1.42. The lowest BCUT2D eigenvalue weighted by Crippen LogP contribution is -2.44. The van der Waals surface area contributed by atoms with Gasteiger partial charge in [-0.1, -0.05) is 27.7 Å². The highest BCUT2D eigenvalue weighted by molar-refractivity contribution is 7.14. The molecule has 1 saturated carbocycles. The Hall–Kier alpha value is -1.48. The Morgan fingerprint density at radius 3 is 2.39 bits per heavy atom. The Morgan fingerprint density at radius 1 is 1.17 bits per heavy atom. The van der Waals surface area contributed by atoms with Gasteiger partial charge in [-0.3, -0.25) is 4.79 Å². The number of amides is 1. The van der Waals surface area contributed by atoms with E-state index >= 15 is 0 Å². The number of aliphatic hydroxyl groups excluding tert-OH is 1. The van der Waals surface area contributed by atoms with Crippen molar-refractivity contribution in [3.63, 3.8) is 0 Å². The number of carbonyl (C=O) groups excluding carboxylic acids is 2. The zero-order valence-electron chi connectivity index (χ0n) is 23.0. The molecule has 0 unspecified atom stereocenters. The smallest absolute Gasteiger partial charge is 0.350 e. The highest BCUT2D eigenvalue weighted by Crippen LogP contribution is 2.41. The fourth-order valence-corrected chi connectivity index (χ4v) is 6.20. The van der Waals surface area contributed by atoms with Crippen LogP contribution in [0.1, 0.15) is 94.6 Å². The van der Waals surface area contributed by atoms with Crippen LogP contribution in [0.25, 0.3) is 0 Å². The maximum absolute atomic E-state index is 14.0. The van der Waals surface area contributed by atoms with Gasteiger partial charge in [0.2, 0.25) is 5.91 Å². The summed E-state index contributed by atoms with van der Waals surface area (Å²) in [5.74, 6) is 0.310. The van der Waals surface area contributed by atoms with E-state index in [1.165, 1.54) is 18.4 Å². The molecule has 1 saturated heterocycles. The van der Waals surface area contributed by atoms with Gasteiger partial charge in [0, 0.05) is 16.8 Å². The Labute approximate surface area is 220 Å². The van der Waals surface area contributed by atoms with Crippen LogP contribution in [0.2, 0.25) is 0 Å². The minimum atomic E-state index is -0.596. The quantitative estimate of drug-likeness (QED) is 0.441. The maximum Gasteiger partial charge on any atom is 0.350 e. The van der Waals surface area contributed by atoms with Gasteiger partial charge in [0.15, 0.2) is 0 Å². The minimum Gasteiger partial charge on any atom is -0.465 e. The van der Waals surface area contributed by atoms with E-state index < -0.39 is 12.1 Å². The normalized spacial score (nSPS) is 26.4. The second-order valence-corrected chi connectivity index (χ2v) is 12.8. The van der Waals surface area contributed by atoms with Crippen molar-refractivity contribution >= 4 is 28.9 Å². The summed E-state index contributed by atoms with van der Waals surface area (Å²) in [4.78, 5) is 30.3. The van der Waals surface area contributed by atoms with Gasteiger partial charge >= 0.3 is 5.97 Å². The van der Waals surface area contributed by atoms with E-state index in [4.69, 9.17) is 14.2 Å². The van der Waals surface area contributed by atoms with Gasteiger partial charge in [0.05, 0.1) is 32.1 Å². The van der Waals surface area contributed by atoms with E-state index in [1.54, 1.807) is 0 Å². The predicted octanol–water partition coefficient (Wildman–Crippen LogP) is 5.33. The van der Waals surface area contributed by atoms with Gasteiger partial charge in [0.1, 0.15) is 17.1 Å². The second-order valence-electron chi connectivity index (χ2n) is 11.7. The Bertz CT molecular complexity index is 885. The number of carbonyl (C=O) groups is 2. The van der Waals surface area contributed by atoms with E-state index in [9.17, 15) is 14.7 Å². The van der Waals surface area contributed by atoms with Crippen LogP contribution >= 0.6 is 11.3 Å². The second kappa shape index (κ2) is 12.4. The lowest BCUT2D eigenvalue weighted by atomic mass is 9.82. The largest absolute Gasteiger partial charge is 0.465 e. The van der Waals surface area contributed by atoms with Crippen LogP contribution in [0.4, 0.5) is 5.69 Å². The van der Waals surface area contributed by atoms with Crippen LogP contribution in [0.3, 0.4) is 0 Å². The first-order valence-corrected chi connectivity index (χ1v) is 14.2. The van der Waals surface area contributed by atoms with Crippen molar-refractivity contribution in [2.24, 2.45) is 11.8 Å². The topological polar surface area (TPSA) is 85.3 Å². The Morgan fingerprint density at radius 2 is 1.83 bits per heavy atom. The van der Waals surface area contributed by atoms with Crippen LogP contribution in [0.5, 0.6) is 0 Å². The number of aliphatic hydroxyl groups is 1. The first kappa shape index (κ1) is 29.1. The van der Waals surface area contributed by atoms with Crippen molar-refractivity contribution in [2.75, 3.05) is 25.2 Å². The number of anilines is 1. The Balaban J connectivity index is 1.86. The number of hydrogen-bond acceptors (Lipinski definition) is 7. The van der Waals surface area contributed by atoms with E-state index in [0.717, 1.165) is 37.0 Å². The van der Waals surface area contributed by atoms with Crippen LogP contribution in [-0.2, 0) is 24.4 Å². The van der Waals surface area contributed by atoms with Crippen molar-refractivity contribution in [3.05, 3.63) is 15.8 Å². The summed E-state index contributed by atoms with van der Waals surface area (Å²) < 4.78 is 16.5. The van der Waals surface area contributed by atoms with E-state index in [-0.39, 0.29) is 35.5 Å². The SMILES string of the molecule is COC(=O)c1sc(C(C)(C)C)cc1N(C(=O)C1CCC(C)CC1)[C@H](C)CC[C@@H](C)O[C@H]1COC[C@@H]1O. The van der Waals surface area contributed by atoms with Crippen LogP contribution in [0, 0.1) is 11.8 Å². The van der Waals surface area contributed by atoms with Gasteiger partial charge in [0.25, 0.3) is 0 Å². The van der Waals surface area contributed by atoms with Crippen LogP contribution in [0.15, 0.2) is 6.07 Å². The van der Waals surface area contributed by atoms with E-state index in [1.807, 2.05) is 17.9 Å². The van der Waals surface area contributed by atoms with E-state index in [2.05, 4.69) is 34.6 Å². The molecule has 2 fully saturated rings. The zero-order chi connectivity index (χ0) is 26.6. The third-order valence-electron chi connectivity index (χ3n) is 7.52. The molecule has 1 aromatic rings. The predicted molar refractivity (Wildman–Crippen MR) is 143 cm³/mol. The lowest BCUT2D eigenvalue weighted by molar-refractivity contribution is -0.124. The van der Waals surface area contributed by atoms with Gasteiger partial charge in [-0.2, -0.15) is 0 Å². The third kappa shape index (κ3) is 7.09. The number of thiophene rings is 1. The molecule has 36 heavy (non-hydrogen) atoms. The third-order valence-corrected chi connectivity index (χ3v) is 9.05. The molecule has 1 N–H and O–H groups in total. The van der Waals surface area contributed by atoms with Gasteiger partial charge in [-0.05, 0) is 69.8 Å². The van der Waals surface area contributed by atoms with Crippen molar-refractivity contribution in [1.82, 2.24) is 0 Å². The van der Waals surface area contributed by atoms with Crippen LogP contribution in [-0.4, -0.2) is 61.7 Å². The van der Waals surface area contributed by atoms with Crippen molar-refractivity contribution in [3.8, 4) is 0 Å². The number of esters is 1. The number of nitrogens with zero attached hydrogens (tertiary/aromatic N) is 1. The molecule has 1 amide bonds. The molecular formula is C28H45NO6S. The molecule has 1 aromatic heterocycles. The molecule has 2 aliphatic rings. The number of ether oxygens (including phenoxy) is 3. The average Bonchev–Trinajstić information content (AvgIpc) is 3.44. The summed E-state index contributed by atoms with van der Waals surface area (Å²) in [5, 5.41) is 10.0. The maximum atomic E-state index is 14.0. The van der Waals surface area contributed by atoms with Crippen molar-refractivity contribution in [2.45, 2.75) is 110 Å². The van der Waals surface area contributed by atoms with Gasteiger partial charge < -0.3 is 24.2 Å². The molecule has 3 rings (SSSR count). The number of hydrogen-bond donors (Lipinski definition) is 1. The molecule has 0 aromatic carbocycles. The minimum absolute atomic E-state index is 0.0356. The molecule has 0 spiro atoms. The van der Waals surface area contributed by atoms with Gasteiger partial charge in [-0.15, -0.1) is 11.3 Å². The first-order valence-electron chi connectivity index (χ1n) is 13.4. The molecule has 8 heteroatoms. The lowest BCUT2D eigenvalue weighted by Gasteiger charge is -2.35. The summed E-state index contributed by atoms with van der Waals surface area (Å²) in [6.45, 7) is 13.3. The molecule has 1 aliphatic heterocycles. The summed E-state index contributed by atoms with van der Waals surface area (Å²) in [6, 6.07) is 1.89. The molecule has 2 heterocycles. The summed E-state index contributed by atoms with van der Waals surface area (Å²) in [6.07, 6.45) is 4.30. The first-order chi connectivity index (χ1) is 16.9. The Kier molecular flexibility index (Phi) is 10.00. The molecule has 4 atom stereocenters. The standard InChI is InChI=1S/C28H45NO6S/c1-17-8-12-20(13-9-17)26(31)29(18(2)10-11-19(3)35-23-16-34-15-22(23)30)21-14-24(28(4,5)6)36-25(21)27(32)33-7/h14,17-20,22-23,30H,8-13,15-16H2,1-7H3/t17?,18-,19-,20?,22+,23+/m1/s1. The molecule has 7 nitrogen and oxygen atoms in total.